The van der Waals surface area contributed by atoms with E-state index in [-0.39, 0.29) is 11.3 Å². The van der Waals surface area contributed by atoms with E-state index in [1.807, 2.05) is 0 Å². The minimum absolute atomic E-state index is 0.0573. The Labute approximate surface area is 95.1 Å². The molecule has 1 aromatic heterocycles. The maximum Gasteiger partial charge on any atom is 0.207 e. The molecule has 0 aliphatic heterocycles. The lowest BCUT2D eigenvalue weighted by Crippen LogP contribution is -2.02. The van der Waals surface area contributed by atoms with Crippen LogP contribution < -0.4 is 0 Å². The quantitative estimate of drug-likeness (QED) is 0.731. The molecule has 76 valence electrons. The number of hydrogen-bond acceptors (Lipinski definition) is 2. The average molecular weight is 241 g/mol. The summed E-state index contributed by atoms with van der Waals surface area (Å²) in [4.78, 5) is 12.2. The van der Waals surface area contributed by atoms with Crippen molar-refractivity contribution in [1.29, 1.82) is 0 Å². The summed E-state index contributed by atoms with van der Waals surface area (Å²) in [7, 11) is 0. The molecule has 0 amide bonds. The van der Waals surface area contributed by atoms with E-state index in [1.165, 1.54) is 23.5 Å². The monoisotopic (exact) mass is 240 g/mol. The lowest BCUT2D eigenvalue weighted by molar-refractivity contribution is 0.103. The Morgan fingerprint density at radius 2 is 2.00 bits per heavy atom. The molecular weight excluding hydrogens is 235 g/mol. The number of halogens is 2. The standard InChI is InChI=1S/C11H6ClFOS/c12-8-5-6-15-11(8)10(14)7-3-1-2-4-9(7)13/h1-6H. The van der Waals surface area contributed by atoms with Crippen molar-refractivity contribution in [2.45, 2.75) is 0 Å². The highest BCUT2D eigenvalue weighted by Gasteiger charge is 2.17. The van der Waals surface area contributed by atoms with Crippen LogP contribution in [0.1, 0.15) is 15.2 Å². The molecular formula is C11H6ClFOS. The summed E-state index contributed by atoms with van der Waals surface area (Å²) in [5, 5.41) is 2.07. The van der Waals surface area contributed by atoms with Crippen LogP contribution in [-0.2, 0) is 0 Å². The molecule has 0 unspecified atom stereocenters. The molecule has 0 fully saturated rings. The number of carbonyl (C=O) groups is 1. The summed E-state index contributed by atoms with van der Waals surface area (Å²) < 4.78 is 13.3. The minimum atomic E-state index is -0.521. The molecule has 0 bridgehead atoms. The van der Waals surface area contributed by atoms with E-state index in [4.69, 9.17) is 11.6 Å². The van der Waals surface area contributed by atoms with Crippen molar-refractivity contribution >= 4 is 28.7 Å². The summed E-state index contributed by atoms with van der Waals surface area (Å²) in [6.07, 6.45) is 0. The second-order valence-electron chi connectivity index (χ2n) is 2.91. The number of ketones is 1. The fourth-order valence-corrected chi connectivity index (χ4v) is 2.32. The zero-order chi connectivity index (χ0) is 10.8. The molecule has 2 rings (SSSR count). The Balaban J connectivity index is 2.46. The lowest BCUT2D eigenvalue weighted by Gasteiger charge is -2.00. The molecule has 0 saturated heterocycles. The molecule has 0 radical (unpaired) electrons. The van der Waals surface area contributed by atoms with Crippen molar-refractivity contribution in [3.8, 4) is 0 Å². The Kier molecular flexibility index (Phi) is 2.84. The first-order chi connectivity index (χ1) is 7.20. The SMILES string of the molecule is O=C(c1ccccc1F)c1sccc1Cl. The van der Waals surface area contributed by atoms with Gasteiger partial charge >= 0.3 is 0 Å². The first-order valence-electron chi connectivity index (χ1n) is 4.22. The normalized spacial score (nSPS) is 10.3. The predicted octanol–water partition coefficient (Wildman–Crippen LogP) is 3.77. The van der Waals surface area contributed by atoms with Crippen LogP contribution in [0.2, 0.25) is 5.02 Å². The van der Waals surface area contributed by atoms with Gasteiger partial charge in [-0.15, -0.1) is 11.3 Å². The molecule has 0 saturated carbocycles. The molecule has 0 aliphatic rings. The van der Waals surface area contributed by atoms with Gasteiger partial charge in [0.25, 0.3) is 0 Å². The molecule has 0 N–H and O–H groups in total. The van der Waals surface area contributed by atoms with Gasteiger partial charge in [0.05, 0.1) is 15.5 Å². The van der Waals surface area contributed by atoms with Gasteiger partial charge in [-0.1, -0.05) is 23.7 Å². The highest BCUT2D eigenvalue weighted by molar-refractivity contribution is 7.13. The van der Waals surface area contributed by atoms with Crippen molar-refractivity contribution in [2.75, 3.05) is 0 Å². The predicted molar refractivity (Wildman–Crippen MR) is 59.2 cm³/mol. The highest BCUT2D eigenvalue weighted by atomic mass is 35.5. The highest BCUT2D eigenvalue weighted by Crippen LogP contribution is 2.25. The van der Waals surface area contributed by atoms with Gasteiger partial charge in [-0.3, -0.25) is 4.79 Å². The maximum atomic E-state index is 13.3. The minimum Gasteiger partial charge on any atom is -0.288 e. The van der Waals surface area contributed by atoms with E-state index in [2.05, 4.69) is 0 Å². The Bertz CT molecular complexity index is 507. The van der Waals surface area contributed by atoms with Crippen LogP contribution in [0.5, 0.6) is 0 Å². The van der Waals surface area contributed by atoms with Crippen molar-refractivity contribution in [3.05, 3.63) is 57.0 Å². The topological polar surface area (TPSA) is 17.1 Å². The van der Waals surface area contributed by atoms with E-state index in [9.17, 15) is 9.18 Å². The summed E-state index contributed by atoms with van der Waals surface area (Å²) in [5.41, 5.74) is 0.0573. The number of hydrogen-bond donors (Lipinski definition) is 0. The smallest absolute Gasteiger partial charge is 0.207 e. The maximum absolute atomic E-state index is 13.3. The first-order valence-corrected chi connectivity index (χ1v) is 5.48. The van der Waals surface area contributed by atoms with Crippen molar-refractivity contribution in [3.63, 3.8) is 0 Å². The summed E-state index contributed by atoms with van der Waals surface area (Å²) in [5.74, 6) is -0.889. The molecule has 0 atom stereocenters. The van der Waals surface area contributed by atoms with Gasteiger partial charge in [0, 0.05) is 0 Å². The third-order valence-electron chi connectivity index (χ3n) is 1.94. The van der Waals surface area contributed by atoms with Crippen LogP contribution >= 0.6 is 22.9 Å². The van der Waals surface area contributed by atoms with Gasteiger partial charge in [-0.25, -0.2) is 4.39 Å². The summed E-state index contributed by atoms with van der Waals surface area (Å²) in [6, 6.07) is 7.50. The first kappa shape index (κ1) is 10.3. The van der Waals surface area contributed by atoms with Crippen LogP contribution in [0, 0.1) is 5.82 Å². The van der Waals surface area contributed by atoms with Crippen LogP contribution in [0.3, 0.4) is 0 Å². The van der Waals surface area contributed by atoms with Gasteiger partial charge in [0.2, 0.25) is 5.78 Å². The number of carbonyl (C=O) groups excluding carboxylic acids is 1. The Morgan fingerprint density at radius 3 is 2.60 bits per heavy atom. The number of rotatable bonds is 2. The van der Waals surface area contributed by atoms with Crippen molar-refractivity contribution in [2.24, 2.45) is 0 Å². The molecule has 1 nitrogen and oxygen atoms in total. The van der Waals surface area contributed by atoms with Crippen molar-refractivity contribution in [1.82, 2.24) is 0 Å². The Morgan fingerprint density at radius 1 is 1.27 bits per heavy atom. The van der Waals surface area contributed by atoms with Gasteiger partial charge in [0.15, 0.2) is 0 Å². The van der Waals surface area contributed by atoms with E-state index in [1.54, 1.807) is 23.6 Å². The van der Waals surface area contributed by atoms with Crippen molar-refractivity contribution < 1.29 is 9.18 Å². The Hall–Kier alpha value is -1.19. The van der Waals surface area contributed by atoms with Crippen LogP contribution in [0.25, 0.3) is 0 Å². The zero-order valence-corrected chi connectivity index (χ0v) is 9.11. The average Bonchev–Trinajstić information content (AvgIpc) is 2.64. The zero-order valence-electron chi connectivity index (χ0n) is 7.54. The summed E-state index contributed by atoms with van der Waals surface area (Å²) in [6.45, 7) is 0. The van der Waals surface area contributed by atoms with E-state index >= 15 is 0 Å². The van der Waals surface area contributed by atoms with Gasteiger partial charge in [-0.2, -0.15) is 0 Å². The second kappa shape index (κ2) is 4.13. The third-order valence-corrected chi connectivity index (χ3v) is 3.28. The van der Waals surface area contributed by atoms with Gasteiger partial charge < -0.3 is 0 Å². The molecule has 2 aromatic rings. The molecule has 0 aliphatic carbocycles. The van der Waals surface area contributed by atoms with E-state index in [0.29, 0.717) is 9.90 Å². The largest absolute Gasteiger partial charge is 0.288 e. The fraction of sp³-hybridized carbons (Fsp3) is 0. The molecule has 1 heterocycles. The molecule has 4 heteroatoms. The summed E-state index contributed by atoms with van der Waals surface area (Å²) >= 11 is 7.02. The van der Waals surface area contributed by atoms with Crippen LogP contribution in [0.15, 0.2) is 35.7 Å². The second-order valence-corrected chi connectivity index (χ2v) is 4.23. The van der Waals surface area contributed by atoms with E-state index in [0.717, 1.165) is 0 Å². The fourth-order valence-electron chi connectivity index (χ4n) is 1.22. The van der Waals surface area contributed by atoms with Gasteiger partial charge in [0.1, 0.15) is 5.82 Å². The molecule has 1 aromatic carbocycles. The number of benzene rings is 1. The van der Waals surface area contributed by atoms with Gasteiger partial charge in [-0.05, 0) is 23.6 Å². The molecule has 15 heavy (non-hydrogen) atoms. The van der Waals surface area contributed by atoms with Crippen LogP contribution in [0.4, 0.5) is 4.39 Å². The van der Waals surface area contributed by atoms with Crippen LogP contribution in [-0.4, -0.2) is 5.78 Å². The third kappa shape index (κ3) is 1.94. The number of thiophene rings is 1. The lowest BCUT2D eigenvalue weighted by atomic mass is 10.1. The molecule has 0 spiro atoms. The van der Waals surface area contributed by atoms with E-state index < -0.39 is 5.82 Å².